The van der Waals surface area contributed by atoms with E-state index < -0.39 is 13.6 Å². The average molecular weight is 193 g/mol. The zero-order valence-corrected chi connectivity index (χ0v) is 8.68. The molecule has 0 saturated heterocycles. The SMILES string of the molecule is CCC(C)(O)CCCC[P+](=O)O. The van der Waals surface area contributed by atoms with E-state index in [0.717, 1.165) is 19.3 Å². The summed E-state index contributed by atoms with van der Waals surface area (Å²) in [6.07, 6.45) is 3.35. The molecule has 3 nitrogen and oxygen atoms in total. The van der Waals surface area contributed by atoms with Gasteiger partial charge in [0, 0.05) is 0 Å². The van der Waals surface area contributed by atoms with Gasteiger partial charge in [-0.25, -0.2) is 0 Å². The highest BCUT2D eigenvalue weighted by molar-refractivity contribution is 7.37. The van der Waals surface area contributed by atoms with Crippen molar-refractivity contribution in [3.05, 3.63) is 0 Å². The van der Waals surface area contributed by atoms with E-state index in [-0.39, 0.29) is 0 Å². The van der Waals surface area contributed by atoms with E-state index in [1.54, 1.807) is 6.92 Å². The van der Waals surface area contributed by atoms with Crippen LogP contribution in [0.2, 0.25) is 0 Å². The van der Waals surface area contributed by atoms with Crippen LogP contribution in [-0.2, 0) is 4.57 Å². The summed E-state index contributed by atoms with van der Waals surface area (Å²) in [5.74, 6) is 0. The van der Waals surface area contributed by atoms with Crippen LogP contribution < -0.4 is 0 Å². The Hall–Kier alpha value is 0.0200. The Balaban J connectivity index is 3.37. The first-order valence-electron chi connectivity index (χ1n) is 4.34. The number of hydrogen-bond acceptors (Lipinski definition) is 2. The Bertz CT molecular complexity index is 145. The minimum atomic E-state index is -1.98. The molecule has 0 radical (unpaired) electrons. The van der Waals surface area contributed by atoms with Gasteiger partial charge in [-0.3, -0.25) is 0 Å². The van der Waals surface area contributed by atoms with Crippen molar-refractivity contribution in [2.24, 2.45) is 0 Å². The molecule has 0 aromatic heterocycles. The molecule has 0 aliphatic rings. The number of rotatable bonds is 6. The predicted octanol–water partition coefficient (Wildman–Crippen LogP) is 2.05. The molecule has 0 aromatic carbocycles. The summed E-state index contributed by atoms with van der Waals surface area (Å²) in [6, 6.07) is 0. The Morgan fingerprint density at radius 3 is 2.42 bits per heavy atom. The van der Waals surface area contributed by atoms with Crippen molar-refractivity contribution in [2.45, 2.75) is 45.1 Å². The van der Waals surface area contributed by atoms with Crippen LogP contribution in [0.15, 0.2) is 0 Å². The van der Waals surface area contributed by atoms with Crippen LogP contribution in [0.1, 0.15) is 39.5 Å². The minimum absolute atomic E-state index is 0.356. The predicted molar refractivity (Wildman–Crippen MR) is 49.5 cm³/mol. The molecule has 0 spiro atoms. The standard InChI is InChI=1S/C8H17O3P/c1-3-8(2,9)6-4-5-7-12(10)11/h9H,3-7H2,1-2H3/p+1. The summed E-state index contributed by atoms with van der Waals surface area (Å²) in [5.41, 5.74) is -0.596. The molecule has 72 valence electrons. The van der Waals surface area contributed by atoms with Crippen LogP contribution in [0.5, 0.6) is 0 Å². The summed E-state index contributed by atoms with van der Waals surface area (Å²) < 4.78 is 10.3. The van der Waals surface area contributed by atoms with Gasteiger partial charge in [-0.15, -0.1) is 0 Å². The molecule has 0 fully saturated rings. The van der Waals surface area contributed by atoms with E-state index in [1.165, 1.54) is 0 Å². The van der Waals surface area contributed by atoms with Crippen molar-refractivity contribution < 1.29 is 14.6 Å². The van der Waals surface area contributed by atoms with Gasteiger partial charge in [0.25, 0.3) is 0 Å². The Morgan fingerprint density at radius 2 is 2.00 bits per heavy atom. The van der Waals surface area contributed by atoms with Crippen molar-refractivity contribution in [3.63, 3.8) is 0 Å². The van der Waals surface area contributed by atoms with Crippen LogP contribution in [0.25, 0.3) is 0 Å². The maximum Gasteiger partial charge on any atom is 0.505 e. The van der Waals surface area contributed by atoms with Crippen LogP contribution in [-0.4, -0.2) is 21.8 Å². The van der Waals surface area contributed by atoms with Gasteiger partial charge in [0.1, 0.15) is 0 Å². The van der Waals surface area contributed by atoms with Crippen LogP contribution in [0, 0.1) is 0 Å². The molecule has 2 atom stereocenters. The highest BCUT2D eigenvalue weighted by Gasteiger charge is 2.17. The summed E-state index contributed by atoms with van der Waals surface area (Å²) in [7, 11) is -1.98. The second-order valence-electron chi connectivity index (χ2n) is 3.38. The summed E-state index contributed by atoms with van der Waals surface area (Å²) in [6.45, 7) is 3.73. The Kier molecular flexibility index (Phi) is 5.64. The lowest BCUT2D eigenvalue weighted by Crippen LogP contribution is -2.22. The third-order valence-electron chi connectivity index (χ3n) is 2.08. The third kappa shape index (κ3) is 6.71. The topological polar surface area (TPSA) is 57.5 Å². The zero-order chi connectivity index (χ0) is 9.61. The molecule has 4 heteroatoms. The van der Waals surface area contributed by atoms with Crippen molar-refractivity contribution in [3.8, 4) is 0 Å². The van der Waals surface area contributed by atoms with Crippen LogP contribution in [0.3, 0.4) is 0 Å². The smallest absolute Gasteiger partial charge is 0.390 e. The normalized spacial score (nSPS) is 17.2. The lowest BCUT2D eigenvalue weighted by atomic mass is 9.97. The highest BCUT2D eigenvalue weighted by atomic mass is 31.1. The molecule has 0 saturated carbocycles. The Labute approximate surface area is 74.7 Å². The van der Waals surface area contributed by atoms with Crippen molar-refractivity contribution >= 4 is 8.03 Å². The van der Waals surface area contributed by atoms with E-state index in [9.17, 15) is 9.67 Å². The van der Waals surface area contributed by atoms with Crippen molar-refractivity contribution in [1.82, 2.24) is 0 Å². The van der Waals surface area contributed by atoms with Gasteiger partial charge in [0.05, 0.1) is 5.60 Å². The van der Waals surface area contributed by atoms with Crippen LogP contribution >= 0.6 is 8.03 Å². The molecule has 0 aromatic rings. The fourth-order valence-corrected chi connectivity index (χ4v) is 1.42. The Morgan fingerprint density at radius 1 is 1.42 bits per heavy atom. The molecule has 2 N–H and O–H groups in total. The first kappa shape index (κ1) is 12.0. The molecule has 0 aliphatic heterocycles. The second-order valence-corrected chi connectivity index (χ2v) is 4.53. The van der Waals surface area contributed by atoms with E-state index in [1.807, 2.05) is 6.92 Å². The van der Waals surface area contributed by atoms with Crippen molar-refractivity contribution in [1.29, 1.82) is 0 Å². The molecule has 12 heavy (non-hydrogen) atoms. The van der Waals surface area contributed by atoms with E-state index in [4.69, 9.17) is 4.89 Å². The molecular weight excluding hydrogens is 175 g/mol. The molecule has 0 bridgehead atoms. The van der Waals surface area contributed by atoms with Gasteiger partial charge in [-0.1, -0.05) is 6.92 Å². The molecule has 2 unspecified atom stereocenters. The largest absolute Gasteiger partial charge is 0.505 e. The molecule has 0 rings (SSSR count). The van der Waals surface area contributed by atoms with Crippen LogP contribution in [0.4, 0.5) is 0 Å². The van der Waals surface area contributed by atoms with Gasteiger partial charge in [0.2, 0.25) is 0 Å². The minimum Gasteiger partial charge on any atom is -0.390 e. The third-order valence-corrected chi connectivity index (χ3v) is 2.78. The quantitative estimate of drug-likeness (QED) is 0.501. The highest BCUT2D eigenvalue weighted by Crippen LogP contribution is 2.20. The molecular formula is C8H18O3P+. The lowest BCUT2D eigenvalue weighted by molar-refractivity contribution is 0.0448. The van der Waals surface area contributed by atoms with E-state index in [0.29, 0.717) is 12.6 Å². The monoisotopic (exact) mass is 193 g/mol. The van der Waals surface area contributed by atoms with E-state index in [2.05, 4.69) is 0 Å². The van der Waals surface area contributed by atoms with Gasteiger partial charge < -0.3 is 5.11 Å². The zero-order valence-electron chi connectivity index (χ0n) is 7.79. The molecule has 0 heterocycles. The molecule has 0 amide bonds. The number of unbranched alkanes of at least 4 members (excludes halogenated alkanes) is 1. The fraction of sp³-hybridized carbons (Fsp3) is 1.00. The average Bonchev–Trinajstić information content (AvgIpc) is 1.98. The summed E-state index contributed by atoms with van der Waals surface area (Å²) >= 11 is 0. The van der Waals surface area contributed by atoms with Gasteiger partial charge >= 0.3 is 8.03 Å². The summed E-state index contributed by atoms with van der Waals surface area (Å²) in [4.78, 5) is 8.49. The summed E-state index contributed by atoms with van der Waals surface area (Å²) in [5, 5.41) is 9.55. The number of hydrogen-bond donors (Lipinski definition) is 2. The maximum atomic E-state index is 10.3. The van der Waals surface area contributed by atoms with Crippen molar-refractivity contribution in [2.75, 3.05) is 6.16 Å². The lowest BCUT2D eigenvalue weighted by Gasteiger charge is -2.20. The van der Waals surface area contributed by atoms with Gasteiger partial charge in [-0.2, -0.15) is 4.89 Å². The maximum absolute atomic E-state index is 10.3. The number of aliphatic hydroxyl groups is 1. The van der Waals surface area contributed by atoms with Gasteiger partial charge in [-0.05, 0) is 37.2 Å². The molecule has 0 aliphatic carbocycles. The first-order valence-corrected chi connectivity index (χ1v) is 5.73. The van der Waals surface area contributed by atoms with Gasteiger partial charge in [0.15, 0.2) is 6.16 Å². The van der Waals surface area contributed by atoms with E-state index >= 15 is 0 Å². The fourth-order valence-electron chi connectivity index (χ4n) is 0.930. The second kappa shape index (κ2) is 5.63. The first-order chi connectivity index (χ1) is 5.48.